The van der Waals surface area contributed by atoms with Crippen LogP contribution in [0, 0.1) is 0 Å². The summed E-state index contributed by atoms with van der Waals surface area (Å²) in [5.74, 6) is -0.101. The van der Waals surface area contributed by atoms with E-state index >= 15 is 0 Å². The van der Waals surface area contributed by atoms with E-state index in [1.165, 1.54) is 12.1 Å². The maximum absolute atomic E-state index is 12.5. The van der Waals surface area contributed by atoms with Crippen molar-refractivity contribution in [1.29, 1.82) is 0 Å². The van der Waals surface area contributed by atoms with Crippen LogP contribution in [-0.4, -0.2) is 44.9 Å². The Labute approximate surface area is 125 Å². The predicted molar refractivity (Wildman–Crippen MR) is 72.6 cm³/mol. The highest BCUT2D eigenvalue weighted by Crippen LogP contribution is 2.31. The van der Waals surface area contributed by atoms with Gasteiger partial charge in [-0.3, -0.25) is 4.79 Å². The number of morpholine rings is 1. The normalized spacial score (nSPS) is 18.8. The lowest BCUT2D eigenvalue weighted by atomic mass is 10.2. The molecular formula is C14H17F3N2O3. The molecule has 1 aliphatic rings. The molecule has 0 saturated carbocycles. The van der Waals surface area contributed by atoms with Gasteiger partial charge in [-0.05, 0) is 18.2 Å². The molecule has 1 saturated heterocycles. The van der Waals surface area contributed by atoms with Gasteiger partial charge in [0, 0.05) is 6.54 Å². The number of benzene rings is 1. The molecule has 0 radical (unpaired) electrons. The molecule has 5 nitrogen and oxygen atoms in total. The van der Waals surface area contributed by atoms with E-state index in [2.05, 4.69) is 10.6 Å². The lowest BCUT2D eigenvalue weighted by Crippen LogP contribution is -2.51. The second-order valence-corrected chi connectivity index (χ2v) is 4.75. The van der Waals surface area contributed by atoms with Gasteiger partial charge in [0.2, 0.25) is 5.91 Å². The molecule has 0 spiro atoms. The molecule has 1 fully saturated rings. The third kappa shape index (κ3) is 4.88. The molecule has 0 aliphatic carbocycles. The first-order chi connectivity index (χ1) is 10.5. The molecule has 1 aromatic carbocycles. The Kier molecular flexibility index (Phi) is 5.62. The highest BCUT2D eigenvalue weighted by Gasteiger charge is 2.30. The highest BCUT2D eigenvalue weighted by molar-refractivity contribution is 5.81. The van der Waals surface area contributed by atoms with Gasteiger partial charge in [0.25, 0.3) is 0 Å². The van der Waals surface area contributed by atoms with Gasteiger partial charge in [-0.25, -0.2) is 0 Å². The van der Waals surface area contributed by atoms with Crippen molar-refractivity contribution in [2.24, 2.45) is 0 Å². The smallest absolute Gasteiger partial charge is 0.416 e. The number of carbonyl (C=O) groups excluding carboxylic acids is 1. The van der Waals surface area contributed by atoms with E-state index in [0.29, 0.717) is 19.8 Å². The van der Waals surface area contributed by atoms with Crippen molar-refractivity contribution in [2.45, 2.75) is 12.2 Å². The molecule has 8 heteroatoms. The fraction of sp³-hybridized carbons (Fsp3) is 0.500. The van der Waals surface area contributed by atoms with Crippen LogP contribution >= 0.6 is 0 Å². The average Bonchev–Trinajstić information content (AvgIpc) is 2.52. The van der Waals surface area contributed by atoms with Gasteiger partial charge in [0.05, 0.1) is 25.3 Å². The monoisotopic (exact) mass is 318 g/mol. The highest BCUT2D eigenvalue weighted by atomic mass is 19.4. The van der Waals surface area contributed by atoms with Gasteiger partial charge >= 0.3 is 6.18 Å². The van der Waals surface area contributed by atoms with E-state index in [0.717, 1.165) is 12.1 Å². The van der Waals surface area contributed by atoms with Crippen LogP contribution < -0.4 is 15.4 Å². The van der Waals surface area contributed by atoms with Crippen molar-refractivity contribution in [3.05, 3.63) is 29.8 Å². The minimum absolute atomic E-state index is 0.0840. The molecule has 1 atom stereocenters. The molecule has 1 heterocycles. The number of nitrogens with one attached hydrogen (secondary N) is 2. The molecule has 1 unspecified atom stereocenters. The largest absolute Gasteiger partial charge is 0.492 e. The maximum Gasteiger partial charge on any atom is 0.416 e. The summed E-state index contributed by atoms with van der Waals surface area (Å²) in [7, 11) is 0. The van der Waals surface area contributed by atoms with Crippen LogP contribution in [0.15, 0.2) is 24.3 Å². The number of ether oxygens (including phenoxy) is 2. The zero-order chi connectivity index (χ0) is 16.0. The summed E-state index contributed by atoms with van der Waals surface area (Å²) in [6.45, 7) is 1.77. The quantitative estimate of drug-likeness (QED) is 0.801. The molecule has 1 aliphatic heterocycles. The van der Waals surface area contributed by atoms with Crippen molar-refractivity contribution in [3.63, 3.8) is 0 Å². The third-order valence-corrected chi connectivity index (χ3v) is 3.07. The zero-order valence-corrected chi connectivity index (χ0v) is 11.8. The van der Waals surface area contributed by atoms with E-state index in [4.69, 9.17) is 9.47 Å². The molecule has 0 bridgehead atoms. The SMILES string of the molecule is O=C(NCCOc1cccc(C(F)(F)F)c1)C1COCCN1. The molecule has 122 valence electrons. The number of hydrogen-bond donors (Lipinski definition) is 2. The second-order valence-electron chi connectivity index (χ2n) is 4.75. The van der Waals surface area contributed by atoms with Crippen LogP contribution in [0.4, 0.5) is 13.2 Å². The summed E-state index contributed by atoms with van der Waals surface area (Å²) in [4.78, 5) is 11.7. The lowest BCUT2D eigenvalue weighted by molar-refractivity contribution is -0.137. The van der Waals surface area contributed by atoms with Crippen molar-refractivity contribution in [2.75, 3.05) is 32.9 Å². The topological polar surface area (TPSA) is 59.6 Å². The fourth-order valence-corrected chi connectivity index (χ4v) is 1.96. The standard InChI is InChI=1S/C14H17F3N2O3/c15-14(16,17)10-2-1-3-11(8-10)22-7-5-19-13(20)12-9-21-6-4-18-12/h1-3,8,12,18H,4-7,9H2,(H,19,20). The Morgan fingerprint density at radius 2 is 2.27 bits per heavy atom. The number of alkyl halides is 3. The molecule has 1 aromatic rings. The Bertz CT molecular complexity index is 502. The summed E-state index contributed by atoms with van der Waals surface area (Å²) >= 11 is 0. The van der Waals surface area contributed by atoms with Crippen molar-refractivity contribution in [1.82, 2.24) is 10.6 Å². The fourth-order valence-electron chi connectivity index (χ4n) is 1.96. The number of carbonyl (C=O) groups is 1. The lowest BCUT2D eigenvalue weighted by Gasteiger charge is -2.22. The number of hydrogen-bond acceptors (Lipinski definition) is 4. The van der Waals surface area contributed by atoms with Gasteiger partial charge in [0.1, 0.15) is 18.4 Å². The number of halogens is 3. The number of rotatable bonds is 5. The molecule has 22 heavy (non-hydrogen) atoms. The van der Waals surface area contributed by atoms with E-state index in [-0.39, 0.29) is 24.8 Å². The first-order valence-corrected chi connectivity index (χ1v) is 6.86. The summed E-state index contributed by atoms with van der Waals surface area (Å²) in [5.41, 5.74) is -0.766. The van der Waals surface area contributed by atoms with Gasteiger partial charge in [0.15, 0.2) is 0 Å². The van der Waals surface area contributed by atoms with E-state index in [9.17, 15) is 18.0 Å². The number of amides is 1. The Hall–Kier alpha value is -1.80. The zero-order valence-electron chi connectivity index (χ0n) is 11.8. The molecular weight excluding hydrogens is 301 g/mol. The average molecular weight is 318 g/mol. The van der Waals surface area contributed by atoms with E-state index in [1.54, 1.807) is 0 Å². The minimum Gasteiger partial charge on any atom is -0.492 e. The van der Waals surface area contributed by atoms with Gasteiger partial charge in [-0.2, -0.15) is 13.2 Å². The van der Waals surface area contributed by atoms with Gasteiger partial charge < -0.3 is 20.1 Å². The minimum atomic E-state index is -4.40. The first-order valence-electron chi connectivity index (χ1n) is 6.86. The van der Waals surface area contributed by atoms with E-state index in [1.807, 2.05) is 0 Å². The van der Waals surface area contributed by atoms with Crippen LogP contribution in [-0.2, 0) is 15.7 Å². The van der Waals surface area contributed by atoms with Crippen molar-refractivity contribution < 1.29 is 27.4 Å². The van der Waals surface area contributed by atoms with Crippen LogP contribution in [0.1, 0.15) is 5.56 Å². The first kappa shape index (κ1) is 16.6. The van der Waals surface area contributed by atoms with Crippen molar-refractivity contribution in [3.8, 4) is 5.75 Å². The van der Waals surface area contributed by atoms with Crippen LogP contribution in [0.5, 0.6) is 5.75 Å². The Balaban J connectivity index is 1.73. The molecule has 1 amide bonds. The summed E-state index contributed by atoms with van der Waals surface area (Å²) in [5, 5.41) is 5.64. The predicted octanol–water partition coefficient (Wildman–Crippen LogP) is 1.19. The molecule has 2 rings (SSSR count). The summed E-state index contributed by atoms with van der Waals surface area (Å²) in [6, 6.07) is 4.22. The maximum atomic E-state index is 12.5. The summed E-state index contributed by atoms with van der Waals surface area (Å²) < 4.78 is 48.0. The molecule has 0 aromatic heterocycles. The second kappa shape index (κ2) is 7.46. The van der Waals surface area contributed by atoms with Gasteiger partial charge in [-0.1, -0.05) is 6.07 Å². The van der Waals surface area contributed by atoms with Crippen LogP contribution in [0.3, 0.4) is 0 Å². The Morgan fingerprint density at radius 1 is 1.45 bits per heavy atom. The van der Waals surface area contributed by atoms with Crippen LogP contribution in [0.25, 0.3) is 0 Å². The van der Waals surface area contributed by atoms with Gasteiger partial charge in [-0.15, -0.1) is 0 Å². The van der Waals surface area contributed by atoms with Crippen LogP contribution in [0.2, 0.25) is 0 Å². The Morgan fingerprint density at radius 3 is 2.95 bits per heavy atom. The summed E-state index contributed by atoms with van der Waals surface area (Å²) in [6.07, 6.45) is -4.40. The third-order valence-electron chi connectivity index (χ3n) is 3.07. The van der Waals surface area contributed by atoms with E-state index < -0.39 is 17.8 Å². The molecule has 2 N–H and O–H groups in total. The van der Waals surface area contributed by atoms with Crippen molar-refractivity contribution >= 4 is 5.91 Å².